The number of esters is 1. The third-order valence-electron chi connectivity index (χ3n) is 10.5. The van der Waals surface area contributed by atoms with Crippen LogP contribution >= 0.6 is 11.6 Å². The first-order valence-corrected chi connectivity index (χ1v) is 21.1. The predicted molar refractivity (Wildman–Crippen MR) is 207 cm³/mol. The van der Waals surface area contributed by atoms with Crippen LogP contribution in [0, 0.1) is 0 Å². The molecular weight excluding hydrogens is 742 g/mol. The van der Waals surface area contributed by atoms with Crippen LogP contribution in [-0.2, 0) is 49.7 Å². The summed E-state index contributed by atoms with van der Waals surface area (Å²) in [5.41, 5.74) is -2.21. The molecule has 0 saturated carbocycles. The molecule has 1 unspecified atom stereocenters. The van der Waals surface area contributed by atoms with Crippen LogP contribution in [0.1, 0.15) is 65.4 Å². The summed E-state index contributed by atoms with van der Waals surface area (Å²) in [5.74, 6) is -0.772. The maximum absolute atomic E-state index is 14.1. The number of fused-ring (bicyclic) bond motifs is 6. The standard InChI is InChI=1S/C38H56ClN3O11S/c1-23-13-11-14-28(50-8)38(47)21-30(52-35(46)40-38)37(4)22-36(3,53-37)29(51-34(45)24(2)41(5)31(43)15-12-16-54(9,10)48)20-32(44)42(6)26-18-25(17-23)19-27(49-7)33(26)39/h11,13-14,18-19,24,28-30,47,54H,12,15-17,20-22H2,1-10H3,(H,40,46)/b14-11+,23-13+/t24-,28+,29-,30-,36+,37?,38-/m0/s1. The number of carbonyl (C=O) groups excluding carboxylic acids is 4. The lowest BCUT2D eigenvalue weighted by Crippen LogP contribution is -2.72. The van der Waals surface area contributed by atoms with Crippen LogP contribution in [0.4, 0.5) is 10.5 Å². The molecule has 1 aromatic rings. The third kappa shape index (κ3) is 9.83. The number of thiol groups is 1. The first kappa shape index (κ1) is 43.2. The second kappa shape index (κ2) is 16.7. The molecule has 4 heterocycles. The molecular formula is C38H56ClN3O11S. The number of carbonyl (C=O) groups is 4. The molecule has 3 amide bonds. The topological polar surface area (TPSA) is 170 Å². The zero-order valence-electron chi connectivity index (χ0n) is 32.9. The van der Waals surface area contributed by atoms with Gasteiger partial charge in [0.25, 0.3) is 0 Å². The Balaban J connectivity index is 1.72. The number of anilines is 1. The van der Waals surface area contributed by atoms with Gasteiger partial charge in [-0.1, -0.05) is 35.4 Å². The van der Waals surface area contributed by atoms with Gasteiger partial charge in [-0.25, -0.2) is 9.59 Å². The summed E-state index contributed by atoms with van der Waals surface area (Å²) in [6, 6.07) is 2.54. The molecule has 0 spiro atoms. The minimum atomic E-state index is -2.31. The van der Waals surface area contributed by atoms with Crippen molar-refractivity contribution in [2.24, 2.45) is 0 Å². The van der Waals surface area contributed by atoms with E-state index in [0.29, 0.717) is 30.0 Å². The van der Waals surface area contributed by atoms with Gasteiger partial charge in [0.15, 0.2) is 5.72 Å². The quantitative estimate of drug-likeness (QED) is 0.246. The van der Waals surface area contributed by atoms with Gasteiger partial charge in [0.1, 0.15) is 46.3 Å². The van der Waals surface area contributed by atoms with Crippen molar-refractivity contribution in [3.8, 4) is 5.75 Å². The highest BCUT2D eigenvalue weighted by molar-refractivity contribution is 8.01. The smallest absolute Gasteiger partial charge is 0.409 e. The molecule has 302 valence electrons. The van der Waals surface area contributed by atoms with E-state index in [0.717, 1.165) is 11.1 Å². The van der Waals surface area contributed by atoms with E-state index in [1.807, 2.05) is 13.0 Å². The molecule has 16 heteroatoms. The number of nitrogens with zero attached hydrogens (tertiary/aromatic N) is 2. The Morgan fingerprint density at radius 1 is 1.20 bits per heavy atom. The van der Waals surface area contributed by atoms with Gasteiger partial charge in [-0.2, -0.15) is 0 Å². The maximum Gasteiger partial charge on any atom is 0.409 e. The molecule has 54 heavy (non-hydrogen) atoms. The number of halogens is 1. The maximum atomic E-state index is 14.1. The Labute approximate surface area is 323 Å². The van der Waals surface area contributed by atoms with E-state index < -0.39 is 69.2 Å². The minimum absolute atomic E-state index is 0.102. The van der Waals surface area contributed by atoms with Gasteiger partial charge in [0.05, 0.1) is 19.2 Å². The fourth-order valence-electron chi connectivity index (χ4n) is 7.30. The first-order chi connectivity index (χ1) is 25.0. The summed E-state index contributed by atoms with van der Waals surface area (Å²) >= 11 is 6.75. The number of nitrogens with one attached hydrogen (secondary N) is 1. The number of methoxy groups -OCH3 is 2. The summed E-state index contributed by atoms with van der Waals surface area (Å²) in [6.07, 6.45) is 5.24. The number of benzene rings is 1. The molecule has 5 rings (SSSR count). The van der Waals surface area contributed by atoms with Crippen molar-refractivity contribution < 1.29 is 52.2 Å². The molecule has 6 bridgehead atoms. The molecule has 0 aliphatic carbocycles. The minimum Gasteiger partial charge on any atom is -0.495 e. The second-order valence-electron chi connectivity index (χ2n) is 15.6. The van der Waals surface area contributed by atoms with Gasteiger partial charge in [-0.15, -0.1) is 9.93 Å². The Morgan fingerprint density at radius 3 is 2.48 bits per heavy atom. The van der Waals surface area contributed by atoms with Crippen molar-refractivity contribution in [2.45, 2.75) is 108 Å². The lowest BCUT2D eigenvalue weighted by molar-refractivity contribution is -0.328. The van der Waals surface area contributed by atoms with Crippen LogP contribution in [-0.4, -0.2) is 126 Å². The van der Waals surface area contributed by atoms with Crippen LogP contribution in [0.2, 0.25) is 5.02 Å². The van der Waals surface area contributed by atoms with Crippen LogP contribution in [0.3, 0.4) is 0 Å². The van der Waals surface area contributed by atoms with E-state index in [-0.39, 0.29) is 36.6 Å². The Kier molecular flexibility index (Phi) is 13.4. The molecule has 14 nitrogen and oxygen atoms in total. The fourth-order valence-corrected chi connectivity index (χ4v) is 8.53. The average Bonchev–Trinajstić information content (AvgIpc) is 3.07. The second-order valence-corrected chi connectivity index (χ2v) is 19.6. The van der Waals surface area contributed by atoms with Crippen LogP contribution in [0.25, 0.3) is 0 Å². The molecule has 2 fully saturated rings. The molecule has 2 N–H and O–H groups in total. The number of ether oxygens (including phenoxy) is 5. The van der Waals surface area contributed by atoms with Gasteiger partial charge in [0.2, 0.25) is 11.8 Å². The largest absolute Gasteiger partial charge is 0.495 e. The number of hydrogen-bond acceptors (Lipinski definition) is 11. The van der Waals surface area contributed by atoms with Crippen LogP contribution in [0.5, 0.6) is 5.75 Å². The number of alkyl carbamates (subject to hydrolysis) is 1. The molecule has 7 atom stereocenters. The lowest BCUT2D eigenvalue weighted by Gasteiger charge is -2.59. The average molecular weight is 798 g/mol. The number of aliphatic hydroxyl groups is 1. The summed E-state index contributed by atoms with van der Waals surface area (Å²) in [7, 11) is 3.64. The SMILES string of the molecule is COc1cc2cc(c1Cl)N(C)C(=O)C[C@H](OC(=O)[C@H](C)N(C)C(=O)CCC[SH](C)(C)=O)[C@@]1(C)CC(C)(O1)[C@@H]1C[C@@](O)(NC(=O)O1)[C@H](OC)/C=C/C=C(\C)C2. The molecule has 4 aliphatic rings. The van der Waals surface area contributed by atoms with Crippen LogP contribution < -0.4 is 15.0 Å². The monoisotopic (exact) mass is 797 g/mol. The van der Waals surface area contributed by atoms with Crippen molar-refractivity contribution in [3.05, 3.63) is 46.5 Å². The van der Waals surface area contributed by atoms with Gasteiger partial charge < -0.3 is 38.6 Å². The molecule has 2 saturated heterocycles. The van der Waals surface area contributed by atoms with Crippen molar-refractivity contribution >= 4 is 51.1 Å². The Morgan fingerprint density at radius 2 is 1.87 bits per heavy atom. The van der Waals surface area contributed by atoms with Gasteiger partial charge >= 0.3 is 12.1 Å². The van der Waals surface area contributed by atoms with E-state index >= 15 is 0 Å². The third-order valence-corrected chi connectivity index (χ3v) is 12.3. The van der Waals surface area contributed by atoms with E-state index in [9.17, 15) is 28.5 Å². The number of allylic oxidation sites excluding steroid dienone is 3. The number of hydrogen-bond donors (Lipinski definition) is 3. The van der Waals surface area contributed by atoms with Gasteiger partial charge in [-0.05, 0) is 70.7 Å². The number of likely N-dealkylation sites (N-methyl/N-ethyl adjacent to an activating group) is 1. The summed E-state index contributed by atoms with van der Waals surface area (Å²) < 4.78 is 41.6. The van der Waals surface area contributed by atoms with E-state index in [1.165, 1.54) is 38.0 Å². The Hall–Kier alpha value is -3.50. The highest BCUT2D eigenvalue weighted by atomic mass is 35.5. The molecule has 0 radical (unpaired) electrons. The predicted octanol–water partition coefficient (Wildman–Crippen LogP) is 3.72. The fraction of sp³-hybridized carbons (Fsp3) is 0.632. The van der Waals surface area contributed by atoms with Crippen molar-refractivity contribution in [2.75, 3.05) is 51.5 Å². The van der Waals surface area contributed by atoms with Crippen molar-refractivity contribution in [1.29, 1.82) is 0 Å². The number of rotatable bonds is 9. The van der Waals surface area contributed by atoms with E-state index in [1.54, 1.807) is 57.7 Å². The van der Waals surface area contributed by atoms with Crippen LogP contribution in [0.15, 0.2) is 35.9 Å². The molecule has 0 aromatic heterocycles. The van der Waals surface area contributed by atoms with Crippen molar-refractivity contribution in [1.82, 2.24) is 10.2 Å². The van der Waals surface area contributed by atoms with Crippen molar-refractivity contribution in [3.63, 3.8) is 0 Å². The zero-order valence-corrected chi connectivity index (χ0v) is 34.5. The van der Waals surface area contributed by atoms with E-state index in [2.05, 4.69) is 5.32 Å². The highest BCUT2D eigenvalue weighted by Crippen LogP contribution is 2.50. The molecule has 4 aliphatic heterocycles. The summed E-state index contributed by atoms with van der Waals surface area (Å²) in [4.78, 5) is 56.4. The van der Waals surface area contributed by atoms with E-state index in [4.69, 9.17) is 35.3 Å². The summed E-state index contributed by atoms with van der Waals surface area (Å²) in [6.45, 7) is 6.85. The zero-order chi connectivity index (χ0) is 40.4. The highest BCUT2D eigenvalue weighted by Gasteiger charge is 2.63. The normalized spacial score (nSPS) is 31.4. The summed E-state index contributed by atoms with van der Waals surface area (Å²) in [5, 5.41) is 14.5. The molecule has 1 aromatic carbocycles. The van der Waals surface area contributed by atoms with Gasteiger partial charge in [0, 0.05) is 46.2 Å². The number of amides is 3. The van der Waals surface area contributed by atoms with Gasteiger partial charge in [-0.3, -0.25) is 19.1 Å². The first-order valence-electron chi connectivity index (χ1n) is 18.0. The lowest BCUT2D eigenvalue weighted by atomic mass is 9.72. The Bertz CT molecular complexity index is 1720.